The van der Waals surface area contributed by atoms with Crippen LogP contribution >= 0.6 is 0 Å². The van der Waals surface area contributed by atoms with Gasteiger partial charge >= 0.3 is 5.69 Å². The standard InChI is InChI=1S/C19H25N5O5S/c1-22-15-10-21-14-9-17(29-3)16(28-2)8-13(14)18(15)24(19(22)25)11-12-4-6-23(7-5-12)30(20,26)27/h8-10,12H,4-7,11H2,1-3H3,(H2,20,26,27). The van der Waals surface area contributed by atoms with Crippen LogP contribution in [-0.4, -0.2) is 54.2 Å². The molecule has 0 radical (unpaired) electrons. The van der Waals surface area contributed by atoms with Crippen LogP contribution < -0.4 is 20.3 Å². The van der Waals surface area contributed by atoms with Crippen LogP contribution in [0, 0.1) is 5.92 Å². The first kappa shape index (κ1) is 20.6. The van der Waals surface area contributed by atoms with Crippen molar-refractivity contribution in [2.75, 3.05) is 27.3 Å². The van der Waals surface area contributed by atoms with Crippen LogP contribution in [0.1, 0.15) is 12.8 Å². The minimum atomic E-state index is -3.68. The monoisotopic (exact) mass is 435 g/mol. The van der Waals surface area contributed by atoms with Crippen LogP contribution in [0.5, 0.6) is 11.5 Å². The number of ether oxygens (including phenoxy) is 2. The molecular weight excluding hydrogens is 410 g/mol. The number of nitrogens with two attached hydrogens (primary N) is 1. The van der Waals surface area contributed by atoms with Crippen LogP contribution in [0.4, 0.5) is 0 Å². The summed E-state index contributed by atoms with van der Waals surface area (Å²) in [6, 6.07) is 3.63. The van der Waals surface area contributed by atoms with E-state index < -0.39 is 10.2 Å². The van der Waals surface area contributed by atoms with E-state index in [1.54, 1.807) is 42.7 Å². The van der Waals surface area contributed by atoms with Gasteiger partial charge in [0, 0.05) is 38.1 Å². The zero-order valence-electron chi connectivity index (χ0n) is 17.2. The highest BCUT2D eigenvalue weighted by molar-refractivity contribution is 7.86. The molecule has 4 rings (SSSR count). The van der Waals surface area contributed by atoms with Gasteiger partial charge in [-0.05, 0) is 24.8 Å². The smallest absolute Gasteiger partial charge is 0.328 e. The highest BCUT2D eigenvalue weighted by atomic mass is 32.2. The van der Waals surface area contributed by atoms with E-state index in [9.17, 15) is 13.2 Å². The second-order valence-electron chi connectivity index (χ2n) is 7.56. The van der Waals surface area contributed by atoms with Crippen molar-refractivity contribution < 1.29 is 17.9 Å². The fourth-order valence-corrected chi connectivity index (χ4v) is 4.90. The maximum Gasteiger partial charge on any atom is 0.328 e. The molecule has 3 aromatic rings. The Kier molecular flexibility index (Phi) is 5.20. The van der Waals surface area contributed by atoms with Crippen molar-refractivity contribution in [2.45, 2.75) is 19.4 Å². The number of fused-ring (bicyclic) bond motifs is 3. The van der Waals surface area contributed by atoms with E-state index >= 15 is 0 Å². The number of hydrogen-bond acceptors (Lipinski definition) is 6. The Hall–Kier alpha value is -2.63. The Bertz CT molecular complexity index is 1270. The van der Waals surface area contributed by atoms with Crippen molar-refractivity contribution in [3.63, 3.8) is 0 Å². The van der Waals surface area contributed by atoms with E-state index in [0.29, 0.717) is 49.5 Å². The number of aryl methyl sites for hydroxylation is 1. The number of nitrogens with zero attached hydrogens (tertiary/aromatic N) is 4. The number of rotatable bonds is 5. The third kappa shape index (κ3) is 3.42. The lowest BCUT2D eigenvalue weighted by Gasteiger charge is -2.29. The molecule has 162 valence electrons. The van der Waals surface area contributed by atoms with E-state index in [0.717, 1.165) is 16.4 Å². The van der Waals surface area contributed by atoms with Gasteiger partial charge in [0.1, 0.15) is 0 Å². The van der Waals surface area contributed by atoms with Gasteiger partial charge < -0.3 is 9.47 Å². The van der Waals surface area contributed by atoms with Crippen molar-refractivity contribution >= 4 is 32.1 Å². The first-order chi connectivity index (χ1) is 14.2. The summed E-state index contributed by atoms with van der Waals surface area (Å²) in [5.74, 6) is 1.29. The summed E-state index contributed by atoms with van der Waals surface area (Å²) in [5, 5.41) is 6.03. The quantitative estimate of drug-likeness (QED) is 0.633. The van der Waals surface area contributed by atoms with E-state index in [2.05, 4.69) is 4.98 Å². The highest BCUT2D eigenvalue weighted by Gasteiger charge is 2.27. The molecule has 30 heavy (non-hydrogen) atoms. The summed E-state index contributed by atoms with van der Waals surface area (Å²) >= 11 is 0. The SMILES string of the molecule is COc1cc2ncc3c(c2cc1OC)n(CC1CCN(S(N)(=O)=O)CC1)c(=O)n3C. The van der Waals surface area contributed by atoms with Gasteiger partial charge in [-0.3, -0.25) is 14.1 Å². The molecule has 2 N–H and O–H groups in total. The van der Waals surface area contributed by atoms with Crippen LogP contribution in [-0.2, 0) is 23.8 Å². The maximum absolute atomic E-state index is 13.0. The molecule has 0 unspecified atom stereocenters. The predicted molar refractivity (Wildman–Crippen MR) is 113 cm³/mol. The summed E-state index contributed by atoms with van der Waals surface area (Å²) in [4.78, 5) is 17.5. The minimum absolute atomic E-state index is 0.136. The molecule has 1 fully saturated rings. The summed E-state index contributed by atoms with van der Waals surface area (Å²) in [6.07, 6.45) is 2.96. The van der Waals surface area contributed by atoms with Gasteiger partial charge in [-0.15, -0.1) is 0 Å². The predicted octanol–water partition coefficient (Wildman–Crippen LogP) is 0.821. The van der Waals surface area contributed by atoms with E-state index in [1.807, 2.05) is 6.07 Å². The zero-order valence-corrected chi connectivity index (χ0v) is 18.0. The minimum Gasteiger partial charge on any atom is -0.493 e. The zero-order chi connectivity index (χ0) is 21.6. The topological polar surface area (TPSA) is 122 Å². The van der Waals surface area contributed by atoms with E-state index in [4.69, 9.17) is 14.6 Å². The number of aromatic nitrogens is 3. The average Bonchev–Trinajstić information content (AvgIpc) is 2.97. The number of benzene rings is 1. The molecule has 1 aliphatic rings. The van der Waals surface area contributed by atoms with Crippen molar-refractivity contribution in [3.8, 4) is 11.5 Å². The Labute approximate surface area is 174 Å². The molecule has 2 aromatic heterocycles. The average molecular weight is 436 g/mol. The Morgan fingerprint density at radius 1 is 1.17 bits per heavy atom. The fraction of sp³-hybridized carbons (Fsp3) is 0.474. The van der Waals surface area contributed by atoms with Gasteiger partial charge in [-0.2, -0.15) is 12.7 Å². The Balaban J connectivity index is 1.79. The van der Waals surface area contributed by atoms with E-state index in [1.165, 1.54) is 4.31 Å². The van der Waals surface area contributed by atoms with Gasteiger partial charge in [-0.25, -0.2) is 9.93 Å². The number of pyridine rings is 1. The van der Waals surface area contributed by atoms with Crippen LogP contribution in [0.2, 0.25) is 0 Å². The normalized spacial score (nSPS) is 16.4. The summed E-state index contributed by atoms with van der Waals surface area (Å²) in [6.45, 7) is 1.20. The lowest BCUT2D eigenvalue weighted by Crippen LogP contribution is -2.43. The first-order valence-electron chi connectivity index (χ1n) is 9.62. The molecule has 0 amide bonds. The van der Waals surface area contributed by atoms with Gasteiger partial charge in [0.25, 0.3) is 10.2 Å². The van der Waals surface area contributed by atoms with Gasteiger partial charge in [0.05, 0.1) is 37.0 Å². The summed E-state index contributed by atoms with van der Waals surface area (Å²) in [7, 11) is 1.17. The summed E-state index contributed by atoms with van der Waals surface area (Å²) < 4.78 is 38.5. The van der Waals surface area contributed by atoms with Gasteiger partial charge in [-0.1, -0.05) is 0 Å². The molecule has 0 spiro atoms. The van der Waals surface area contributed by atoms with Crippen molar-refractivity contribution in [1.29, 1.82) is 0 Å². The van der Waals surface area contributed by atoms with Crippen LogP contribution in [0.3, 0.4) is 0 Å². The molecule has 10 nitrogen and oxygen atoms in total. The molecule has 0 bridgehead atoms. The Morgan fingerprint density at radius 3 is 2.40 bits per heavy atom. The third-order valence-electron chi connectivity index (χ3n) is 5.85. The van der Waals surface area contributed by atoms with Crippen molar-refractivity contribution in [1.82, 2.24) is 18.4 Å². The summed E-state index contributed by atoms with van der Waals surface area (Å²) in [5.41, 5.74) is 2.07. The molecule has 0 atom stereocenters. The molecule has 1 aromatic carbocycles. The Morgan fingerprint density at radius 2 is 1.80 bits per heavy atom. The lowest BCUT2D eigenvalue weighted by molar-refractivity contribution is 0.253. The highest BCUT2D eigenvalue weighted by Crippen LogP contribution is 2.34. The van der Waals surface area contributed by atoms with Gasteiger partial charge in [0.2, 0.25) is 0 Å². The van der Waals surface area contributed by atoms with Crippen molar-refractivity contribution in [2.24, 2.45) is 18.1 Å². The molecule has 1 aliphatic heterocycles. The van der Waals surface area contributed by atoms with Crippen LogP contribution in [0.25, 0.3) is 21.9 Å². The molecular formula is C19H25N5O5S. The maximum atomic E-state index is 13.0. The van der Waals surface area contributed by atoms with E-state index in [-0.39, 0.29) is 11.6 Å². The van der Waals surface area contributed by atoms with Crippen LogP contribution in [0.15, 0.2) is 23.1 Å². The molecule has 1 saturated heterocycles. The second-order valence-corrected chi connectivity index (χ2v) is 9.10. The van der Waals surface area contributed by atoms with Gasteiger partial charge in [0.15, 0.2) is 11.5 Å². The largest absolute Gasteiger partial charge is 0.493 e. The number of piperidine rings is 1. The number of methoxy groups -OCH3 is 2. The molecule has 0 aliphatic carbocycles. The first-order valence-corrected chi connectivity index (χ1v) is 11.1. The third-order valence-corrected chi connectivity index (χ3v) is 6.93. The lowest BCUT2D eigenvalue weighted by atomic mass is 9.98. The fourth-order valence-electron chi connectivity index (χ4n) is 4.18. The molecule has 11 heteroatoms. The van der Waals surface area contributed by atoms with Crippen molar-refractivity contribution in [3.05, 3.63) is 28.8 Å². The molecule has 0 saturated carbocycles. The molecule has 3 heterocycles. The second kappa shape index (κ2) is 7.56. The number of hydrogen-bond donors (Lipinski definition) is 1. The number of imidazole rings is 1.